The molecular weight excluding hydrogens is 328 g/mol. The zero-order valence-corrected chi connectivity index (χ0v) is 15.7. The van der Waals surface area contributed by atoms with Crippen molar-refractivity contribution in [2.75, 3.05) is 41.3 Å². The van der Waals surface area contributed by atoms with Crippen LogP contribution in [-0.4, -0.2) is 73.6 Å². The maximum Gasteiger partial charge on any atom is 0.227 e. The summed E-state index contributed by atoms with van der Waals surface area (Å²) in [6.45, 7) is 3.30. The number of hydrogen-bond acceptors (Lipinski definition) is 5. The zero-order chi connectivity index (χ0) is 17.9. The lowest BCUT2D eigenvalue weighted by Gasteiger charge is -2.25. The van der Waals surface area contributed by atoms with Crippen molar-refractivity contribution >= 4 is 23.3 Å². The molecule has 0 radical (unpaired) electrons. The second-order valence-electron chi connectivity index (χ2n) is 6.50. The van der Waals surface area contributed by atoms with Gasteiger partial charge < -0.3 is 9.80 Å². The quantitative estimate of drug-likeness (QED) is 0.786. The molecule has 1 unspecified atom stereocenters. The van der Waals surface area contributed by atoms with Crippen LogP contribution in [0.3, 0.4) is 0 Å². The van der Waals surface area contributed by atoms with E-state index in [4.69, 9.17) is 16.4 Å². The average molecular weight is 353 g/mol. The van der Waals surface area contributed by atoms with Crippen LogP contribution in [0.5, 0.6) is 0 Å². The molecule has 2 rings (SSSR count). The Hall–Kier alpha value is -1.63. The molecular formula is C17H25ClN4O2. The molecule has 0 N–H and O–H groups in total. The molecule has 0 spiro atoms. The van der Waals surface area contributed by atoms with Gasteiger partial charge in [-0.1, -0.05) is 23.7 Å². The minimum absolute atomic E-state index is 0.00356. The number of aliphatic imine (C=N–C) groups is 1. The van der Waals surface area contributed by atoms with E-state index < -0.39 is 5.72 Å². The molecule has 1 aromatic carbocycles. The van der Waals surface area contributed by atoms with Crippen LogP contribution in [0.4, 0.5) is 0 Å². The van der Waals surface area contributed by atoms with E-state index in [1.165, 1.54) is 0 Å². The van der Waals surface area contributed by atoms with E-state index in [0.717, 1.165) is 12.1 Å². The third-order valence-electron chi connectivity index (χ3n) is 3.84. The Balaban J connectivity index is 2.09. The number of nitrogens with zero attached hydrogens (tertiary/aromatic N) is 4. The Morgan fingerprint density at radius 1 is 1.33 bits per heavy atom. The van der Waals surface area contributed by atoms with Crippen LogP contribution in [-0.2, 0) is 9.63 Å². The standard InChI is InChI=1S/C17H25ClN4O2/c1-17(12-15(23)21(4)10-9-20(2)3)19-16(22(5)24-17)13-7-6-8-14(18)11-13/h6-8,11H,9-10,12H2,1-5H3. The first kappa shape index (κ1) is 18.7. The Labute approximate surface area is 148 Å². The Kier molecular flexibility index (Phi) is 5.85. The van der Waals surface area contributed by atoms with Crippen LogP contribution < -0.4 is 0 Å². The molecule has 1 atom stereocenters. The number of carbonyl (C=O) groups is 1. The van der Waals surface area contributed by atoms with Crippen LogP contribution in [0.2, 0.25) is 5.02 Å². The van der Waals surface area contributed by atoms with Gasteiger partial charge in [-0.05, 0) is 33.2 Å². The summed E-state index contributed by atoms with van der Waals surface area (Å²) in [6.07, 6.45) is 0.186. The third-order valence-corrected chi connectivity index (χ3v) is 4.08. The van der Waals surface area contributed by atoms with Gasteiger partial charge in [0, 0.05) is 37.8 Å². The van der Waals surface area contributed by atoms with Gasteiger partial charge >= 0.3 is 0 Å². The van der Waals surface area contributed by atoms with Crippen molar-refractivity contribution in [2.24, 2.45) is 4.99 Å². The summed E-state index contributed by atoms with van der Waals surface area (Å²) >= 11 is 6.05. The van der Waals surface area contributed by atoms with E-state index in [1.807, 2.05) is 50.2 Å². The highest BCUT2D eigenvalue weighted by Gasteiger charge is 2.38. The number of hydrogen-bond donors (Lipinski definition) is 0. The predicted molar refractivity (Wildman–Crippen MR) is 96.1 cm³/mol. The molecule has 1 aliphatic heterocycles. The molecule has 132 valence electrons. The number of amides is 1. The molecule has 0 saturated carbocycles. The number of likely N-dealkylation sites (N-methyl/N-ethyl adjacent to an activating group) is 2. The van der Waals surface area contributed by atoms with Crippen LogP contribution in [0.25, 0.3) is 0 Å². The first-order chi connectivity index (χ1) is 11.2. The van der Waals surface area contributed by atoms with Crippen molar-refractivity contribution in [3.63, 3.8) is 0 Å². The average Bonchev–Trinajstić information content (AvgIpc) is 2.79. The summed E-state index contributed by atoms with van der Waals surface area (Å²) < 4.78 is 0. The highest BCUT2D eigenvalue weighted by atomic mass is 35.5. The van der Waals surface area contributed by atoms with Gasteiger partial charge in [-0.3, -0.25) is 4.79 Å². The SMILES string of the molecule is CN(C)CCN(C)C(=O)CC1(C)N=C(c2cccc(Cl)c2)N(C)O1. The fraction of sp³-hybridized carbons (Fsp3) is 0.529. The van der Waals surface area contributed by atoms with E-state index >= 15 is 0 Å². The third kappa shape index (κ3) is 4.69. The summed E-state index contributed by atoms with van der Waals surface area (Å²) in [5.74, 6) is 0.674. The van der Waals surface area contributed by atoms with E-state index in [0.29, 0.717) is 17.4 Å². The number of rotatable bonds is 6. The van der Waals surface area contributed by atoms with Gasteiger partial charge in [0.2, 0.25) is 5.91 Å². The molecule has 0 aliphatic carbocycles. The number of benzene rings is 1. The molecule has 1 aromatic rings. The molecule has 0 aromatic heterocycles. The second kappa shape index (κ2) is 7.51. The van der Waals surface area contributed by atoms with Crippen molar-refractivity contribution in [3.05, 3.63) is 34.9 Å². The first-order valence-electron chi connectivity index (χ1n) is 7.87. The van der Waals surface area contributed by atoms with Crippen LogP contribution in [0.15, 0.2) is 29.3 Å². The lowest BCUT2D eigenvalue weighted by Crippen LogP contribution is -2.39. The molecule has 1 amide bonds. The fourth-order valence-corrected chi connectivity index (χ4v) is 2.68. The normalized spacial score (nSPS) is 20.5. The second-order valence-corrected chi connectivity index (χ2v) is 6.94. The van der Waals surface area contributed by atoms with Crippen molar-refractivity contribution in [2.45, 2.75) is 19.1 Å². The van der Waals surface area contributed by atoms with E-state index in [2.05, 4.69) is 4.99 Å². The summed E-state index contributed by atoms with van der Waals surface area (Å²) in [6, 6.07) is 7.42. The monoisotopic (exact) mass is 352 g/mol. The minimum atomic E-state index is -0.907. The van der Waals surface area contributed by atoms with E-state index in [-0.39, 0.29) is 12.3 Å². The predicted octanol–water partition coefficient (Wildman–Crippen LogP) is 2.09. The van der Waals surface area contributed by atoms with Gasteiger partial charge in [-0.15, -0.1) is 0 Å². The van der Waals surface area contributed by atoms with Gasteiger partial charge in [0.15, 0.2) is 11.6 Å². The first-order valence-corrected chi connectivity index (χ1v) is 8.25. The Bertz CT molecular complexity index is 635. The van der Waals surface area contributed by atoms with Gasteiger partial charge in [0.25, 0.3) is 0 Å². The molecule has 1 aliphatic rings. The van der Waals surface area contributed by atoms with Gasteiger partial charge in [-0.2, -0.15) is 0 Å². The highest BCUT2D eigenvalue weighted by Crippen LogP contribution is 2.29. The van der Waals surface area contributed by atoms with E-state index in [9.17, 15) is 4.79 Å². The maximum atomic E-state index is 12.4. The lowest BCUT2D eigenvalue weighted by molar-refractivity contribution is -0.170. The largest absolute Gasteiger partial charge is 0.344 e. The molecule has 7 heteroatoms. The minimum Gasteiger partial charge on any atom is -0.344 e. The van der Waals surface area contributed by atoms with Gasteiger partial charge in [0.05, 0.1) is 6.42 Å². The van der Waals surface area contributed by atoms with E-state index in [1.54, 1.807) is 24.1 Å². The van der Waals surface area contributed by atoms with Crippen LogP contribution in [0, 0.1) is 0 Å². The van der Waals surface area contributed by atoms with Gasteiger partial charge in [0.1, 0.15) is 0 Å². The lowest BCUT2D eigenvalue weighted by atomic mass is 10.1. The van der Waals surface area contributed by atoms with Crippen molar-refractivity contribution in [1.82, 2.24) is 14.9 Å². The Morgan fingerprint density at radius 2 is 2.04 bits per heavy atom. The molecule has 0 fully saturated rings. The van der Waals surface area contributed by atoms with Crippen LogP contribution >= 0.6 is 11.6 Å². The fourth-order valence-electron chi connectivity index (χ4n) is 2.49. The molecule has 6 nitrogen and oxygen atoms in total. The Morgan fingerprint density at radius 3 is 2.67 bits per heavy atom. The van der Waals surface area contributed by atoms with Crippen molar-refractivity contribution in [3.8, 4) is 0 Å². The topological polar surface area (TPSA) is 48.4 Å². The molecule has 24 heavy (non-hydrogen) atoms. The van der Waals surface area contributed by atoms with Gasteiger partial charge in [-0.25, -0.2) is 14.9 Å². The number of halogens is 1. The molecule has 0 bridgehead atoms. The zero-order valence-electron chi connectivity index (χ0n) is 14.9. The summed E-state index contributed by atoms with van der Waals surface area (Å²) in [5, 5.41) is 2.23. The summed E-state index contributed by atoms with van der Waals surface area (Å²) in [5.41, 5.74) is -0.0438. The summed E-state index contributed by atoms with van der Waals surface area (Å²) in [4.78, 5) is 26.7. The highest BCUT2D eigenvalue weighted by molar-refractivity contribution is 6.31. The van der Waals surface area contributed by atoms with Crippen molar-refractivity contribution < 1.29 is 9.63 Å². The smallest absolute Gasteiger partial charge is 0.227 e. The maximum absolute atomic E-state index is 12.4. The van der Waals surface area contributed by atoms with Crippen LogP contribution in [0.1, 0.15) is 18.9 Å². The number of carbonyl (C=O) groups excluding carboxylic acids is 1. The number of hydroxylamine groups is 2. The van der Waals surface area contributed by atoms with Crippen molar-refractivity contribution in [1.29, 1.82) is 0 Å². The molecule has 1 heterocycles. The molecule has 0 saturated heterocycles. The summed E-state index contributed by atoms with van der Waals surface area (Å²) in [7, 11) is 7.55. The number of amidine groups is 1.